The molecule has 1 unspecified atom stereocenters. The molecular weight excluding hydrogens is 220 g/mol. The first-order valence-electron chi connectivity index (χ1n) is 5.34. The minimum absolute atomic E-state index is 0.0225. The second kappa shape index (κ2) is 4.18. The Labute approximate surface area is 98.8 Å². The van der Waals surface area contributed by atoms with Crippen molar-refractivity contribution in [3.63, 3.8) is 0 Å². The van der Waals surface area contributed by atoms with Crippen molar-refractivity contribution in [2.75, 3.05) is 7.05 Å². The van der Waals surface area contributed by atoms with Crippen molar-refractivity contribution in [1.82, 2.24) is 4.90 Å². The lowest BCUT2D eigenvalue weighted by molar-refractivity contribution is -0.138. The van der Waals surface area contributed by atoms with Crippen molar-refractivity contribution in [3.05, 3.63) is 34.9 Å². The standard InChI is InChI=1S/C12H14N2O3/c1-14-6-8-3-2-7(4-9(8)11(14)15)5-10(13)12(16)17/h2-4,10H,5-6,13H2,1H3,(H,16,17). The molecule has 5 heteroatoms. The van der Waals surface area contributed by atoms with Gasteiger partial charge in [0.1, 0.15) is 6.04 Å². The second-order valence-electron chi connectivity index (χ2n) is 4.30. The van der Waals surface area contributed by atoms with Gasteiger partial charge < -0.3 is 15.7 Å². The number of nitrogens with zero attached hydrogens (tertiary/aromatic N) is 1. The number of rotatable bonds is 3. The van der Waals surface area contributed by atoms with Crippen LogP contribution in [0.1, 0.15) is 21.5 Å². The van der Waals surface area contributed by atoms with Crippen LogP contribution >= 0.6 is 0 Å². The van der Waals surface area contributed by atoms with Crippen LogP contribution in [0.15, 0.2) is 18.2 Å². The predicted octanol–water partition coefficient (Wildman–Crippen LogP) is 0.227. The lowest BCUT2D eigenvalue weighted by atomic mass is 10.0. The number of aliphatic carboxylic acids is 1. The Kier molecular flexibility index (Phi) is 2.85. The number of carbonyl (C=O) groups excluding carboxylic acids is 1. The Morgan fingerprint density at radius 2 is 2.29 bits per heavy atom. The topological polar surface area (TPSA) is 83.6 Å². The summed E-state index contributed by atoms with van der Waals surface area (Å²) in [5.41, 5.74) is 7.87. The molecule has 1 heterocycles. The average Bonchev–Trinajstić information content (AvgIpc) is 2.55. The fourth-order valence-electron chi connectivity index (χ4n) is 1.96. The Bertz CT molecular complexity index is 485. The zero-order valence-electron chi connectivity index (χ0n) is 9.51. The first-order chi connectivity index (χ1) is 7.99. The van der Waals surface area contributed by atoms with Gasteiger partial charge in [-0.15, -0.1) is 0 Å². The molecule has 0 saturated heterocycles. The molecule has 1 atom stereocenters. The zero-order valence-corrected chi connectivity index (χ0v) is 9.51. The van der Waals surface area contributed by atoms with Crippen LogP contribution < -0.4 is 5.73 Å². The largest absolute Gasteiger partial charge is 0.480 e. The number of benzene rings is 1. The van der Waals surface area contributed by atoms with Gasteiger partial charge in [0.15, 0.2) is 0 Å². The average molecular weight is 234 g/mol. The van der Waals surface area contributed by atoms with Crippen LogP contribution in [-0.4, -0.2) is 35.0 Å². The molecule has 0 spiro atoms. The van der Waals surface area contributed by atoms with Gasteiger partial charge in [-0.2, -0.15) is 0 Å². The fraction of sp³-hybridized carbons (Fsp3) is 0.333. The number of amides is 1. The minimum Gasteiger partial charge on any atom is -0.480 e. The smallest absolute Gasteiger partial charge is 0.320 e. The molecular formula is C12H14N2O3. The summed E-state index contributed by atoms with van der Waals surface area (Å²) in [6.45, 7) is 0.611. The normalized spacial score (nSPS) is 15.9. The number of carboxylic acids is 1. The molecule has 1 aromatic carbocycles. The molecule has 17 heavy (non-hydrogen) atoms. The lowest BCUT2D eigenvalue weighted by Gasteiger charge is -2.07. The second-order valence-corrected chi connectivity index (χ2v) is 4.30. The highest BCUT2D eigenvalue weighted by atomic mass is 16.4. The number of carboxylic acid groups (broad SMARTS) is 1. The van der Waals surface area contributed by atoms with E-state index in [-0.39, 0.29) is 12.3 Å². The molecule has 1 aromatic rings. The van der Waals surface area contributed by atoms with E-state index >= 15 is 0 Å². The van der Waals surface area contributed by atoms with Gasteiger partial charge in [-0.1, -0.05) is 12.1 Å². The third kappa shape index (κ3) is 2.14. The van der Waals surface area contributed by atoms with E-state index in [9.17, 15) is 9.59 Å². The summed E-state index contributed by atoms with van der Waals surface area (Å²) < 4.78 is 0. The van der Waals surface area contributed by atoms with Crippen LogP contribution in [0.5, 0.6) is 0 Å². The fourth-order valence-corrected chi connectivity index (χ4v) is 1.96. The first-order valence-corrected chi connectivity index (χ1v) is 5.34. The molecule has 1 aliphatic heterocycles. The lowest BCUT2D eigenvalue weighted by Crippen LogP contribution is -2.32. The first kappa shape index (κ1) is 11.6. The summed E-state index contributed by atoms with van der Waals surface area (Å²) in [6, 6.07) is 4.50. The monoisotopic (exact) mass is 234 g/mol. The summed E-state index contributed by atoms with van der Waals surface area (Å²) >= 11 is 0. The van der Waals surface area contributed by atoms with Crippen LogP contribution in [0.3, 0.4) is 0 Å². The van der Waals surface area contributed by atoms with Crippen molar-refractivity contribution in [2.24, 2.45) is 5.73 Å². The van der Waals surface area contributed by atoms with Crippen LogP contribution in [0.4, 0.5) is 0 Å². The van der Waals surface area contributed by atoms with Crippen LogP contribution in [-0.2, 0) is 17.8 Å². The van der Waals surface area contributed by atoms with Crippen LogP contribution in [0, 0.1) is 0 Å². The number of hydrogen-bond donors (Lipinski definition) is 2. The number of nitrogens with two attached hydrogens (primary N) is 1. The highest BCUT2D eigenvalue weighted by molar-refractivity contribution is 5.98. The molecule has 0 saturated carbocycles. The summed E-state index contributed by atoms with van der Waals surface area (Å²) in [5, 5.41) is 8.73. The van der Waals surface area contributed by atoms with Gasteiger partial charge in [-0.25, -0.2) is 0 Å². The van der Waals surface area contributed by atoms with Crippen molar-refractivity contribution >= 4 is 11.9 Å². The molecule has 0 aliphatic carbocycles. The van der Waals surface area contributed by atoms with Crippen LogP contribution in [0.25, 0.3) is 0 Å². The molecule has 0 fully saturated rings. The van der Waals surface area contributed by atoms with E-state index in [0.29, 0.717) is 12.1 Å². The molecule has 1 aliphatic rings. The van der Waals surface area contributed by atoms with E-state index in [1.165, 1.54) is 0 Å². The van der Waals surface area contributed by atoms with Crippen LogP contribution in [0.2, 0.25) is 0 Å². The highest BCUT2D eigenvalue weighted by Crippen LogP contribution is 2.22. The van der Waals surface area contributed by atoms with Gasteiger partial charge in [-0.3, -0.25) is 9.59 Å². The molecule has 90 valence electrons. The summed E-state index contributed by atoms with van der Waals surface area (Å²) in [6.07, 6.45) is 0.236. The zero-order chi connectivity index (χ0) is 12.6. The van der Waals surface area contributed by atoms with Crippen molar-refractivity contribution in [3.8, 4) is 0 Å². The summed E-state index contributed by atoms with van der Waals surface area (Å²) in [4.78, 5) is 24.0. The number of hydrogen-bond acceptors (Lipinski definition) is 3. The maximum absolute atomic E-state index is 11.7. The molecule has 0 radical (unpaired) electrons. The highest BCUT2D eigenvalue weighted by Gasteiger charge is 2.24. The van der Waals surface area contributed by atoms with E-state index in [2.05, 4.69) is 0 Å². The van der Waals surface area contributed by atoms with Gasteiger partial charge in [0.25, 0.3) is 5.91 Å². The van der Waals surface area contributed by atoms with Crippen molar-refractivity contribution in [2.45, 2.75) is 19.0 Å². The molecule has 2 rings (SSSR count). The van der Waals surface area contributed by atoms with Gasteiger partial charge in [-0.05, 0) is 23.6 Å². The van der Waals surface area contributed by atoms with E-state index in [1.54, 1.807) is 18.0 Å². The molecule has 0 bridgehead atoms. The van der Waals surface area contributed by atoms with E-state index in [1.807, 2.05) is 12.1 Å². The Morgan fingerprint density at radius 3 is 2.94 bits per heavy atom. The third-order valence-electron chi connectivity index (χ3n) is 2.93. The van der Waals surface area contributed by atoms with E-state index < -0.39 is 12.0 Å². The third-order valence-corrected chi connectivity index (χ3v) is 2.93. The maximum atomic E-state index is 11.7. The minimum atomic E-state index is -1.03. The van der Waals surface area contributed by atoms with E-state index in [4.69, 9.17) is 10.8 Å². The van der Waals surface area contributed by atoms with Gasteiger partial charge in [0, 0.05) is 19.2 Å². The molecule has 5 nitrogen and oxygen atoms in total. The Hall–Kier alpha value is -1.88. The predicted molar refractivity (Wildman–Crippen MR) is 61.6 cm³/mol. The van der Waals surface area contributed by atoms with Crippen molar-refractivity contribution in [1.29, 1.82) is 0 Å². The number of fused-ring (bicyclic) bond motifs is 1. The molecule has 1 amide bonds. The number of carbonyl (C=O) groups is 2. The van der Waals surface area contributed by atoms with Gasteiger partial charge in [0.2, 0.25) is 0 Å². The quantitative estimate of drug-likeness (QED) is 0.784. The Balaban J connectivity index is 2.23. The molecule has 0 aromatic heterocycles. The molecule has 3 N–H and O–H groups in total. The van der Waals surface area contributed by atoms with E-state index in [0.717, 1.165) is 11.1 Å². The Morgan fingerprint density at radius 1 is 1.59 bits per heavy atom. The van der Waals surface area contributed by atoms with Gasteiger partial charge >= 0.3 is 5.97 Å². The summed E-state index contributed by atoms with van der Waals surface area (Å²) in [5.74, 6) is -1.06. The summed E-state index contributed by atoms with van der Waals surface area (Å²) in [7, 11) is 1.74. The van der Waals surface area contributed by atoms with Crippen molar-refractivity contribution < 1.29 is 14.7 Å². The maximum Gasteiger partial charge on any atom is 0.320 e. The van der Waals surface area contributed by atoms with Gasteiger partial charge in [0.05, 0.1) is 0 Å². The SMILES string of the molecule is CN1Cc2ccc(CC(N)C(=O)O)cc2C1=O.